The Bertz CT molecular complexity index is 418. The van der Waals surface area contributed by atoms with Gasteiger partial charge >= 0.3 is 5.97 Å². The number of thioether (sulfide) groups is 1. The summed E-state index contributed by atoms with van der Waals surface area (Å²) < 4.78 is 0. The molecule has 0 radical (unpaired) electrons. The van der Waals surface area contributed by atoms with E-state index in [1.165, 1.54) is 11.8 Å². The van der Waals surface area contributed by atoms with E-state index in [9.17, 15) is 14.4 Å². The minimum Gasteiger partial charge on any atom is -0.481 e. The Hall–Kier alpha value is -1.04. The molecule has 1 atom stereocenters. The summed E-state index contributed by atoms with van der Waals surface area (Å²) in [7, 11) is 0. The van der Waals surface area contributed by atoms with Gasteiger partial charge in [-0.05, 0) is 37.5 Å². The van der Waals surface area contributed by atoms with Crippen molar-refractivity contribution in [3.05, 3.63) is 0 Å². The second-order valence-corrected chi connectivity index (χ2v) is 7.42. The van der Waals surface area contributed by atoms with Gasteiger partial charge in [-0.25, -0.2) is 0 Å². The molecule has 2 rings (SSSR count). The fourth-order valence-corrected chi connectivity index (χ4v) is 3.97. The highest BCUT2D eigenvalue weighted by atomic mass is 32.2. The van der Waals surface area contributed by atoms with Gasteiger partial charge < -0.3 is 10.0 Å². The van der Waals surface area contributed by atoms with Crippen molar-refractivity contribution in [1.82, 2.24) is 4.90 Å². The van der Waals surface area contributed by atoms with Crippen LogP contribution in [0.25, 0.3) is 0 Å². The average Bonchev–Trinajstić information content (AvgIpc) is 2.78. The molecule has 1 heterocycles. The predicted octanol–water partition coefficient (Wildman–Crippen LogP) is 2.01. The van der Waals surface area contributed by atoms with Gasteiger partial charge in [0.25, 0.3) is 0 Å². The number of carbonyl (C=O) groups is 3. The van der Waals surface area contributed by atoms with Gasteiger partial charge in [-0.2, -0.15) is 0 Å². The van der Waals surface area contributed by atoms with Crippen LogP contribution < -0.4 is 0 Å². The number of carboxylic acids is 1. The van der Waals surface area contributed by atoms with Crippen LogP contribution in [-0.4, -0.2) is 45.8 Å². The van der Waals surface area contributed by atoms with Crippen molar-refractivity contribution < 1.29 is 19.5 Å². The molecule has 1 saturated carbocycles. The molecule has 0 spiro atoms. The van der Waals surface area contributed by atoms with Crippen molar-refractivity contribution in [2.24, 2.45) is 17.8 Å². The third-order valence-electron chi connectivity index (χ3n) is 4.49. The summed E-state index contributed by atoms with van der Waals surface area (Å²) in [6.45, 7) is 3.06. The van der Waals surface area contributed by atoms with Crippen LogP contribution in [-0.2, 0) is 14.4 Å². The topological polar surface area (TPSA) is 74.7 Å². The van der Waals surface area contributed by atoms with E-state index >= 15 is 0 Å². The molecule has 1 aliphatic heterocycles. The third-order valence-corrected chi connectivity index (χ3v) is 5.54. The maximum atomic E-state index is 12.0. The first-order valence-corrected chi connectivity index (χ1v) is 8.58. The lowest BCUT2D eigenvalue weighted by molar-refractivity contribution is -0.143. The molecule has 118 valence electrons. The predicted molar refractivity (Wildman–Crippen MR) is 80.9 cm³/mol. The SMILES string of the molecule is CC(=O)SCC1CC(=O)N(CC2CCC(C(=O)O)CC2)C1. The fraction of sp³-hybridized carbons (Fsp3) is 0.800. The van der Waals surface area contributed by atoms with Gasteiger partial charge in [0, 0.05) is 32.2 Å². The molecule has 1 unspecified atom stereocenters. The standard InChI is InChI=1S/C15H23NO4S/c1-10(17)21-9-12-6-14(18)16(8-12)7-11-2-4-13(5-3-11)15(19)20/h11-13H,2-9H2,1H3,(H,19,20). The highest BCUT2D eigenvalue weighted by Gasteiger charge is 2.33. The first-order valence-electron chi connectivity index (χ1n) is 7.59. The monoisotopic (exact) mass is 313 g/mol. The minimum absolute atomic E-state index is 0.105. The van der Waals surface area contributed by atoms with E-state index in [0.29, 0.717) is 12.3 Å². The molecule has 21 heavy (non-hydrogen) atoms. The van der Waals surface area contributed by atoms with E-state index in [1.807, 2.05) is 4.90 Å². The zero-order valence-corrected chi connectivity index (χ0v) is 13.2. The lowest BCUT2D eigenvalue weighted by Gasteiger charge is -2.29. The molecule has 5 nitrogen and oxygen atoms in total. The number of nitrogens with zero attached hydrogens (tertiary/aromatic N) is 1. The van der Waals surface area contributed by atoms with Crippen LogP contribution >= 0.6 is 11.8 Å². The normalized spacial score (nSPS) is 29.7. The molecule has 6 heteroatoms. The fourth-order valence-electron chi connectivity index (χ4n) is 3.28. The summed E-state index contributed by atoms with van der Waals surface area (Å²) in [5.74, 6) is 0.737. The number of likely N-dealkylation sites (tertiary alicyclic amines) is 1. The van der Waals surface area contributed by atoms with Gasteiger partial charge in [-0.15, -0.1) is 0 Å². The van der Waals surface area contributed by atoms with Crippen LogP contribution in [0.2, 0.25) is 0 Å². The van der Waals surface area contributed by atoms with Gasteiger partial charge in [0.1, 0.15) is 0 Å². The van der Waals surface area contributed by atoms with E-state index in [1.54, 1.807) is 6.92 Å². The number of hydrogen-bond donors (Lipinski definition) is 1. The van der Waals surface area contributed by atoms with Gasteiger partial charge in [-0.1, -0.05) is 11.8 Å². The van der Waals surface area contributed by atoms with Crippen molar-refractivity contribution in [3.8, 4) is 0 Å². The number of carboxylic acid groups (broad SMARTS) is 1. The van der Waals surface area contributed by atoms with Crippen LogP contribution in [0.3, 0.4) is 0 Å². The van der Waals surface area contributed by atoms with Gasteiger partial charge in [0.05, 0.1) is 5.92 Å². The maximum absolute atomic E-state index is 12.0. The smallest absolute Gasteiger partial charge is 0.306 e. The summed E-state index contributed by atoms with van der Waals surface area (Å²) in [6.07, 6.45) is 3.79. The summed E-state index contributed by atoms with van der Waals surface area (Å²) in [4.78, 5) is 35.8. The van der Waals surface area contributed by atoms with E-state index < -0.39 is 5.97 Å². The summed E-state index contributed by atoms with van der Waals surface area (Å²) in [6, 6.07) is 0. The molecule has 1 aliphatic carbocycles. The van der Waals surface area contributed by atoms with E-state index in [-0.39, 0.29) is 22.9 Å². The Labute approximate surface area is 129 Å². The molecular weight excluding hydrogens is 290 g/mol. The largest absolute Gasteiger partial charge is 0.481 e. The molecule has 0 aromatic carbocycles. The maximum Gasteiger partial charge on any atom is 0.306 e. The third kappa shape index (κ3) is 4.73. The Kier molecular flexibility index (Phi) is 5.67. The number of rotatable bonds is 5. The Morgan fingerprint density at radius 1 is 1.24 bits per heavy atom. The van der Waals surface area contributed by atoms with Gasteiger partial charge in [0.2, 0.25) is 5.91 Å². The molecule has 1 N–H and O–H groups in total. The van der Waals surface area contributed by atoms with Crippen molar-refractivity contribution in [1.29, 1.82) is 0 Å². The van der Waals surface area contributed by atoms with Crippen LogP contribution in [0.4, 0.5) is 0 Å². The first kappa shape index (κ1) is 16.3. The molecule has 0 aromatic heterocycles. The van der Waals surface area contributed by atoms with Crippen molar-refractivity contribution in [2.45, 2.75) is 39.0 Å². The molecule has 1 amide bonds. The van der Waals surface area contributed by atoms with Crippen LogP contribution in [0, 0.1) is 17.8 Å². The number of amides is 1. The first-order chi connectivity index (χ1) is 9.95. The second kappa shape index (κ2) is 7.29. The average molecular weight is 313 g/mol. The second-order valence-electron chi connectivity index (χ2n) is 6.23. The molecular formula is C15H23NO4S. The van der Waals surface area contributed by atoms with Crippen molar-refractivity contribution >= 4 is 28.8 Å². The van der Waals surface area contributed by atoms with Crippen LogP contribution in [0.1, 0.15) is 39.0 Å². The molecule has 2 aliphatic rings. The summed E-state index contributed by atoms with van der Waals surface area (Å²) >= 11 is 1.30. The Balaban J connectivity index is 1.75. The van der Waals surface area contributed by atoms with Gasteiger partial charge in [0.15, 0.2) is 5.12 Å². The summed E-state index contributed by atoms with van der Waals surface area (Å²) in [5.41, 5.74) is 0. The van der Waals surface area contributed by atoms with Crippen LogP contribution in [0.15, 0.2) is 0 Å². The number of hydrogen-bond acceptors (Lipinski definition) is 4. The number of aliphatic carboxylic acids is 1. The molecule has 0 bridgehead atoms. The molecule has 2 fully saturated rings. The zero-order valence-electron chi connectivity index (χ0n) is 12.4. The highest BCUT2D eigenvalue weighted by molar-refractivity contribution is 8.13. The quantitative estimate of drug-likeness (QED) is 0.840. The summed E-state index contributed by atoms with van der Waals surface area (Å²) in [5, 5.41) is 9.10. The minimum atomic E-state index is -0.688. The van der Waals surface area contributed by atoms with Crippen molar-refractivity contribution in [2.75, 3.05) is 18.8 Å². The van der Waals surface area contributed by atoms with E-state index in [0.717, 1.165) is 44.5 Å². The Morgan fingerprint density at radius 3 is 2.48 bits per heavy atom. The van der Waals surface area contributed by atoms with E-state index in [2.05, 4.69) is 0 Å². The number of carbonyl (C=O) groups excluding carboxylic acids is 2. The van der Waals surface area contributed by atoms with Crippen molar-refractivity contribution in [3.63, 3.8) is 0 Å². The van der Waals surface area contributed by atoms with Gasteiger partial charge in [-0.3, -0.25) is 14.4 Å². The molecule has 1 saturated heterocycles. The zero-order chi connectivity index (χ0) is 15.4. The van der Waals surface area contributed by atoms with Crippen LogP contribution in [0.5, 0.6) is 0 Å². The lowest BCUT2D eigenvalue weighted by Crippen LogP contribution is -2.33. The van der Waals surface area contributed by atoms with E-state index in [4.69, 9.17) is 5.11 Å². The Morgan fingerprint density at radius 2 is 1.90 bits per heavy atom. The lowest BCUT2D eigenvalue weighted by atomic mass is 9.82. The molecule has 0 aromatic rings. The highest BCUT2D eigenvalue weighted by Crippen LogP contribution is 2.31.